The summed E-state index contributed by atoms with van der Waals surface area (Å²) in [5.74, 6) is -0.455. The molecule has 0 aliphatic heterocycles. The van der Waals surface area contributed by atoms with E-state index < -0.39 is 23.8 Å². The highest BCUT2D eigenvalue weighted by molar-refractivity contribution is 5.92. The topological polar surface area (TPSA) is 108 Å². The molecule has 0 aromatic heterocycles. The van der Waals surface area contributed by atoms with Crippen LogP contribution in [0.4, 0.5) is 4.79 Å². The van der Waals surface area contributed by atoms with E-state index >= 15 is 0 Å². The number of ether oxygens (including phenoxy) is 1. The SMILES string of the molecule is CCCCN(C(=O)C(Cc1ccc(O)cc1)NC(=O)OC(C)(C)C)C(C(=O)NC1CCCCC1)c1ccccc1. The minimum absolute atomic E-state index is 0.0864. The van der Waals surface area contributed by atoms with Gasteiger partial charge in [0, 0.05) is 19.0 Å². The predicted molar refractivity (Wildman–Crippen MR) is 156 cm³/mol. The highest BCUT2D eigenvalue weighted by atomic mass is 16.6. The normalized spacial score (nSPS) is 15.5. The maximum atomic E-state index is 14.4. The Bertz CT molecular complexity index is 1090. The first-order valence-electron chi connectivity index (χ1n) is 14.5. The highest BCUT2D eigenvalue weighted by Gasteiger charge is 2.36. The van der Waals surface area contributed by atoms with E-state index in [2.05, 4.69) is 10.6 Å². The molecular formula is C32H45N3O5. The van der Waals surface area contributed by atoms with Gasteiger partial charge in [-0.15, -0.1) is 0 Å². The van der Waals surface area contributed by atoms with Gasteiger partial charge in [-0.25, -0.2) is 4.79 Å². The smallest absolute Gasteiger partial charge is 0.408 e. The third kappa shape index (κ3) is 9.57. The van der Waals surface area contributed by atoms with E-state index in [1.54, 1.807) is 49.9 Å². The van der Waals surface area contributed by atoms with E-state index in [0.29, 0.717) is 13.0 Å². The van der Waals surface area contributed by atoms with Gasteiger partial charge in [0.15, 0.2) is 0 Å². The maximum Gasteiger partial charge on any atom is 0.408 e. The van der Waals surface area contributed by atoms with E-state index in [1.807, 2.05) is 37.3 Å². The molecule has 40 heavy (non-hydrogen) atoms. The fourth-order valence-corrected chi connectivity index (χ4v) is 5.05. The number of phenols is 1. The van der Waals surface area contributed by atoms with Crippen molar-refractivity contribution in [2.75, 3.05) is 6.54 Å². The molecule has 218 valence electrons. The first-order chi connectivity index (χ1) is 19.1. The number of nitrogens with zero attached hydrogens (tertiary/aromatic N) is 1. The number of nitrogens with one attached hydrogen (secondary N) is 2. The van der Waals surface area contributed by atoms with Crippen molar-refractivity contribution in [1.82, 2.24) is 15.5 Å². The van der Waals surface area contributed by atoms with Crippen molar-refractivity contribution in [3.8, 4) is 5.75 Å². The van der Waals surface area contributed by atoms with Crippen molar-refractivity contribution in [2.24, 2.45) is 0 Å². The summed E-state index contributed by atoms with van der Waals surface area (Å²) >= 11 is 0. The molecule has 2 aromatic carbocycles. The first-order valence-corrected chi connectivity index (χ1v) is 14.5. The van der Waals surface area contributed by atoms with Crippen molar-refractivity contribution in [2.45, 2.75) is 103 Å². The molecule has 3 rings (SSSR count). The van der Waals surface area contributed by atoms with Crippen molar-refractivity contribution < 1.29 is 24.2 Å². The molecule has 1 saturated carbocycles. The van der Waals surface area contributed by atoms with Crippen LogP contribution in [-0.4, -0.2) is 52.1 Å². The first kappa shape index (κ1) is 31.0. The number of amides is 3. The Balaban J connectivity index is 1.97. The number of hydrogen-bond acceptors (Lipinski definition) is 5. The summed E-state index contributed by atoms with van der Waals surface area (Å²) in [6.07, 6.45) is 6.18. The Hall–Kier alpha value is -3.55. The lowest BCUT2D eigenvalue weighted by atomic mass is 9.94. The molecule has 2 atom stereocenters. The van der Waals surface area contributed by atoms with Gasteiger partial charge in [-0.2, -0.15) is 0 Å². The van der Waals surface area contributed by atoms with Crippen LogP contribution >= 0.6 is 0 Å². The second-order valence-corrected chi connectivity index (χ2v) is 11.6. The van der Waals surface area contributed by atoms with Crippen LogP contribution in [0.15, 0.2) is 54.6 Å². The lowest BCUT2D eigenvalue weighted by Crippen LogP contribution is -2.54. The van der Waals surface area contributed by atoms with Crippen molar-refractivity contribution in [3.05, 3.63) is 65.7 Å². The van der Waals surface area contributed by atoms with Gasteiger partial charge < -0.3 is 25.4 Å². The van der Waals surface area contributed by atoms with Gasteiger partial charge in [-0.05, 0) is 63.3 Å². The summed E-state index contributed by atoms with van der Waals surface area (Å²) in [7, 11) is 0. The Kier molecular flexibility index (Phi) is 11.4. The van der Waals surface area contributed by atoms with Crippen molar-refractivity contribution in [1.29, 1.82) is 0 Å². The van der Waals surface area contributed by atoms with Gasteiger partial charge in [-0.3, -0.25) is 9.59 Å². The fourth-order valence-electron chi connectivity index (χ4n) is 5.05. The monoisotopic (exact) mass is 551 g/mol. The van der Waals surface area contributed by atoms with Crippen LogP contribution in [0.25, 0.3) is 0 Å². The van der Waals surface area contributed by atoms with Crippen LogP contribution in [0.3, 0.4) is 0 Å². The number of carbonyl (C=O) groups is 3. The molecule has 0 saturated heterocycles. The minimum atomic E-state index is -0.982. The Morgan fingerprint density at radius 3 is 2.25 bits per heavy atom. The largest absolute Gasteiger partial charge is 0.508 e. The summed E-state index contributed by atoms with van der Waals surface area (Å²) in [6, 6.07) is 14.1. The zero-order valence-electron chi connectivity index (χ0n) is 24.3. The van der Waals surface area contributed by atoms with E-state index in [4.69, 9.17) is 4.74 Å². The Morgan fingerprint density at radius 2 is 1.65 bits per heavy atom. The Labute approximate surface area is 238 Å². The molecule has 3 amide bonds. The van der Waals surface area contributed by atoms with Crippen LogP contribution in [0.1, 0.15) is 89.8 Å². The average Bonchev–Trinajstić information content (AvgIpc) is 2.91. The number of unbranched alkanes of at least 4 members (excludes halogenated alkanes) is 1. The molecule has 1 aliphatic carbocycles. The molecule has 8 nitrogen and oxygen atoms in total. The van der Waals surface area contributed by atoms with E-state index in [0.717, 1.165) is 43.2 Å². The van der Waals surface area contributed by atoms with Gasteiger partial charge in [-0.1, -0.05) is 75.1 Å². The third-order valence-electron chi connectivity index (χ3n) is 7.03. The zero-order chi connectivity index (χ0) is 29.1. The average molecular weight is 552 g/mol. The molecule has 0 radical (unpaired) electrons. The van der Waals surface area contributed by atoms with E-state index in [9.17, 15) is 19.5 Å². The number of phenolic OH excluding ortho intramolecular Hbond substituents is 1. The molecule has 8 heteroatoms. The highest BCUT2D eigenvalue weighted by Crippen LogP contribution is 2.26. The molecular weight excluding hydrogens is 506 g/mol. The van der Waals surface area contributed by atoms with Gasteiger partial charge in [0.1, 0.15) is 23.4 Å². The summed E-state index contributed by atoms with van der Waals surface area (Å²) in [4.78, 5) is 42.7. The van der Waals surface area contributed by atoms with Crippen LogP contribution in [-0.2, 0) is 20.7 Å². The lowest BCUT2D eigenvalue weighted by molar-refractivity contribution is -0.143. The summed E-state index contributed by atoms with van der Waals surface area (Å²) in [5, 5.41) is 15.7. The van der Waals surface area contributed by atoms with Crippen LogP contribution in [0, 0.1) is 0 Å². The van der Waals surface area contributed by atoms with E-state index in [1.165, 1.54) is 6.42 Å². The second-order valence-electron chi connectivity index (χ2n) is 11.6. The van der Waals surface area contributed by atoms with Crippen LogP contribution in [0.5, 0.6) is 5.75 Å². The molecule has 0 spiro atoms. The van der Waals surface area contributed by atoms with Crippen molar-refractivity contribution >= 4 is 17.9 Å². The third-order valence-corrected chi connectivity index (χ3v) is 7.03. The molecule has 1 fully saturated rings. The second kappa shape index (κ2) is 14.7. The molecule has 0 heterocycles. The molecule has 2 aromatic rings. The van der Waals surface area contributed by atoms with Gasteiger partial charge in [0.2, 0.25) is 11.8 Å². The van der Waals surface area contributed by atoms with Gasteiger partial charge in [0.05, 0.1) is 0 Å². The molecule has 1 aliphatic rings. The number of carbonyl (C=O) groups excluding carboxylic acids is 3. The summed E-state index contributed by atoms with van der Waals surface area (Å²) < 4.78 is 5.49. The number of benzene rings is 2. The zero-order valence-corrected chi connectivity index (χ0v) is 24.3. The molecule has 2 unspecified atom stereocenters. The standard InChI is InChI=1S/C32H45N3O5/c1-5-6-21-35(28(24-13-9-7-10-14-24)29(37)33-25-15-11-8-12-16-25)30(38)27(34-31(39)40-32(2,3)4)22-23-17-19-26(36)20-18-23/h7,9-10,13-14,17-20,25,27-28,36H,5-6,8,11-12,15-16,21-22H2,1-4H3,(H,33,37)(H,34,39). The maximum absolute atomic E-state index is 14.4. The minimum Gasteiger partial charge on any atom is -0.508 e. The quantitative estimate of drug-likeness (QED) is 0.335. The summed E-state index contributed by atoms with van der Waals surface area (Å²) in [5.41, 5.74) is 0.733. The number of hydrogen-bond donors (Lipinski definition) is 3. The number of aromatic hydroxyl groups is 1. The van der Waals surface area contributed by atoms with Crippen LogP contribution < -0.4 is 10.6 Å². The van der Waals surface area contributed by atoms with Gasteiger partial charge >= 0.3 is 6.09 Å². The number of rotatable bonds is 11. The summed E-state index contributed by atoms with van der Waals surface area (Å²) in [6.45, 7) is 7.68. The number of alkyl carbamates (subject to hydrolysis) is 1. The predicted octanol–water partition coefficient (Wildman–Crippen LogP) is 5.65. The fraction of sp³-hybridized carbons (Fsp3) is 0.531. The van der Waals surface area contributed by atoms with E-state index in [-0.39, 0.29) is 30.0 Å². The van der Waals surface area contributed by atoms with Gasteiger partial charge in [0.25, 0.3) is 0 Å². The van der Waals surface area contributed by atoms with Crippen molar-refractivity contribution in [3.63, 3.8) is 0 Å². The molecule has 0 bridgehead atoms. The Morgan fingerprint density at radius 1 is 1.00 bits per heavy atom. The molecule has 3 N–H and O–H groups in total. The lowest BCUT2D eigenvalue weighted by Gasteiger charge is -2.36. The van der Waals surface area contributed by atoms with Crippen LogP contribution in [0.2, 0.25) is 0 Å².